The van der Waals surface area contributed by atoms with Gasteiger partial charge in [-0.15, -0.1) is 0 Å². The number of allylic oxidation sites excluding steroid dienone is 5. The Bertz CT molecular complexity index is 1640. The summed E-state index contributed by atoms with van der Waals surface area (Å²) in [5.41, 5.74) is 0. The van der Waals surface area contributed by atoms with E-state index in [9.17, 15) is 35.1 Å². The highest BCUT2D eigenvalue weighted by molar-refractivity contribution is 5.80. The number of unbranched alkanes of at least 4 members (excludes halogenated alkanes) is 53. The number of carbonyl (C=O) groups is 2. The average Bonchev–Trinajstić information content (AvgIpc) is 0.881. The fourth-order valence-electron chi connectivity index (χ4n) is 13.0. The lowest BCUT2D eigenvalue weighted by Gasteiger charge is -2.41. The van der Waals surface area contributed by atoms with Gasteiger partial charge in [0.05, 0.1) is 25.4 Å². The van der Waals surface area contributed by atoms with Crippen LogP contribution in [0.15, 0.2) is 36.5 Å². The van der Waals surface area contributed by atoms with E-state index in [-0.39, 0.29) is 13.0 Å². The fourth-order valence-corrected chi connectivity index (χ4v) is 13.0. The Hall–Kier alpha value is -2.12. The minimum absolute atomic E-state index is 0.131. The second kappa shape index (κ2) is 68.8. The van der Waals surface area contributed by atoms with Gasteiger partial charge in [-0.2, -0.15) is 0 Å². The Balaban J connectivity index is 2.47. The van der Waals surface area contributed by atoms with Crippen LogP contribution in [0.5, 0.6) is 0 Å². The molecule has 1 rings (SSSR count). The highest BCUT2D eigenvalue weighted by Gasteiger charge is 2.47. The van der Waals surface area contributed by atoms with Crippen molar-refractivity contribution < 1.29 is 49.3 Å². The van der Waals surface area contributed by atoms with Crippen molar-refractivity contribution in [3.8, 4) is 0 Å². The van der Waals surface area contributed by atoms with E-state index in [1.165, 1.54) is 295 Å². The number of esters is 1. The normalized spacial score (nSPS) is 18.0. The molecule has 1 saturated heterocycles. The molecule has 1 aliphatic heterocycles. The number of rotatable bonds is 71. The van der Waals surface area contributed by atoms with Crippen LogP contribution in [-0.4, -0.2) is 99.6 Å². The second-order valence-electron chi connectivity index (χ2n) is 28.2. The van der Waals surface area contributed by atoms with E-state index in [0.29, 0.717) is 19.3 Å². The molecule has 1 aliphatic rings. The first-order valence-corrected chi connectivity index (χ1v) is 40.3. The first-order chi connectivity index (χ1) is 45.2. The molecule has 542 valence electrons. The molecule has 11 nitrogen and oxygen atoms in total. The lowest BCUT2D eigenvalue weighted by molar-refractivity contribution is -0.305. The number of carbonyl (C=O) groups excluding carboxylic acids is 2. The zero-order valence-electron chi connectivity index (χ0n) is 60.7. The molecule has 11 heteroatoms. The lowest BCUT2D eigenvalue weighted by Crippen LogP contribution is -2.61. The molecule has 0 saturated carbocycles. The number of hydrogen-bond donors (Lipinski definition) is 6. The van der Waals surface area contributed by atoms with Gasteiger partial charge in [-0.3, -0.25) is 9.59 Å². The van der Waals surface area contributed by atoms with E-state index >= 15 is 0 Å². The number of hydrogen-bond acceptors (Lipinski definition) is 10. The molecule has 0 aliphatic carbocycles. The summed E-state index contributed by atoms with van der Waals surface area (Å²) in [6.45, 7) is 5.85. The van der Waals surface area contributed by atoms with Gasteiger partial charge in [-0.1, -0.05) is 378 Å². The third kappa shape index (κ3) is 54.9. The molecule has 0 aromatic rings. The standard InChI is InChI=1S/C81H153NO10/c1-4-7-10-13-16-19-22-25-27-29-31-33-35-37-39-40-42-44-46-48-50-53-56-59-62-65-68-74(85)80(89)82-72(73(84)67-64-61-58-55-52-24-21-18-15-12-9-6-3)71-90-81-79(78(88)77(87)75(70-83)91-81)92-76(86)69-66-63-60-57-54-51-49-47-45-43-41-38-36-34-32-30-28-26-23-20-17-14-11-8-5-2/h16,19,25,27,64,67,72-75,77-79,81,83-85,87-88H,4-15,17-18,20-24,26,28-63,65-66,68-71H2,1-3H3,(H,82,89)/b19-16-,27-25-,67-64+. The zero-order valence-corrected chi connectivity index (χ0v) is 60.7. The minimum Gasteiger partial charge on any atom is -0.454 e. The predicted octanol–water partition coefficient (Wildman–Crippen LogP) is 21.7. The molecule has 0 aromatic carbocycles. The van der Waals surface area contributed by atoms with Crippen molar-refractivity contribution in [1.82, 2.24) is 5.32 Å². The van der Waals surface area contributed by atoms with E-state index < -0.39 is 67.4 Å². The van der Waals surface area contributed by atoms with E-state index in [1.54, 1.807) is 6.08 Å². The summed E-state index contributed by atoms with van der Waals surface area (Å²) in [6.07, 6.45) is 76.4. The van der Waals surface area contributed by atoms with Crippen molar-refractivity contribution >= 4 is 11.9 Å². The maximum atomic E-state index is 13.5. The van der Waals surface area contributed by atoms with Crippen molar-refractivity contribution in [2.24, 2.45) is 0 Å². The number of aliphatic hydroxyl groups is 5. The Morgan fingerprint density at radius 2 is 0.750 bits per heavy atom. The smallest absolute Gasteiger partial charge is 0.306 e. The maximum Gasteiger partial charge on any atom is 0.306 e. The third-order valence-corrected chi connectivity index (χ3v) is 19.3. The molecule has 92 heavy (non-hydrogen) atoms. The highest BCUT2D eigenvalue weighted by atomic mass is 16.7. The summed E-state index contributed by atoms with van der Waals surface area (Å²) >= 11 is 0. The Kier molecular flexibility index (Phi) is 65.7. The zero-order chi connectivity index (χ0) is 66.7. The summed E-state index contributed by atoms with van der Waals surface area (Å²) in [5, 5.41) is 57.4. The van der Waals surface area contributed by atoms with Crippen LogP contribution < -0.4 is 5.32 Å². The molecular weight excluding hydrogens is 1150 g/mol. The highest BCUT2D eigenvalue weighted by Crippen LogP contribution is 2.27. The Morgan fingerprint density at radius 3 is 1.13 bits per heavy atom. The van der Waals surface area contributed by atoms with Gasteiger partial charge in [0.2, 0.25) is 5.91 Å². The van der Waals surface area contributed by atoms with Gasteiger partial charge in [0.1, 0.15) is 24.4 Å². The molecule has 0 aromatic heterocycles. The second-order valence-corrected chi connectivity index (χ2v) is 28.2. The molecule has 8 unspecified atom stereocenters. The van der Waals surface area contributed by atoms with Crippen molar-refractivity contribution in [3.05, 3.63) is 36.5 Å². The summed E-state index contributed by atoms with van der Waals surface area (Å²) in [4.78, 5) is 26.8. The summed E-state index contributed by atoms with van der Waals surface area (Å²) in [7, 11) is 0. The quantitative estimate of drug-likeness (QED) is 0.0195. The fraction of sp³-hybridized carbons (Fsp3) is 0.901. The summed E-state index contributed by atoms with van der Waals surface area (Å²) in [6, 6.07) is -1.02. The maximum absolute atomic E-state index is 13.5. The topological polar surface area (TPSA) is 175 Å². The van der Waals surface area contributed by atoms with E-state index in [0.717, 1.165) is 64.2 Å². The van der Waals surface area contributed by atoms with Crippen LogP contribution in [0.2, 0.25) is 0 Å². The number of ether oxygens (including phenoxy) is 3. The van der Waals surface area contributed by atoms with Gasteiger partial charge in [0, 0.05) is 6.42 Å². The van der Waals surface area contributed by atoms with Crippen LogP contribution in [0.3, 0.4) is 0 Å². The average molecular weight is 1300 g/mol. The number of aliphatic hydroxyl groups excluding tert-OH is 5. The number of nitrogens with one attached hydrogen (secondary N) is 1. The SMILES string of the molecule is CCCCC/C=C\C/C=C\CCCCCCCCCCCCCCCCCCC(O)C(=O)NC(COC1OC(CO)C(O)C(O)C1OC(=O)CCCCCCCCCCCCCCCCCCCCCCCCCCC)C(O)/C=C/CCCCCCCCCCCC. The molecule has 1 amide bonds. The van der Waals surface area contributed by atoms with Gasteiger partial charge >= 0.3 is 5.97 Å². The first-order valence-electron chi connectivity index (χ1n) is 40.3. The first kappa shape index (κ1) is 87.9. The lowest BCUT2D eigenvalue weighted by atomic mass is 9.99. The van der Waals surface area contributed by atoms with Crippen molar-refractivity contribution in [2.45, 2.75) is 455 Å². The van der Waals surface area contributed by atoms with Gasteiger partial charge < -0.3 is 45.1 Å². The van der Waals surface area contributed by atoms with Crippen molar-refractivity contribution in [3.63, 3.8) is 0 Å². The number of amides is 1. The minimum atomic E-state index is -1.61. The van der Waals surface area contributed by atoms with Gasteiger partial charge in [-0.25, -0.2) is 0 Å². The van der Waals surface area contributed by atoms with E-state index in [2.05, 4.69) is 50.4 Å². The summed E-state index contributed by atoms with van der Waals surface area (Å²) in [5.74, 6) is -1.17. The van der Waals surface area contributed by atoms with E-state index in [4.69, 9.17) is 14.2 Å². The Labute approximate surface area is 568 Å². The van der Waals surface area contributed by atoms with Crippen molar-refractivity contribution in [1.29, 1.82) is 0 Å². The molecule has 0 spiro atoms. The van der Waals surface area contributed by atoms with Crippen molar-refractivity contribution in [2.75, 3.05) is 13.2 Å². The molecular formula is C81H153NO10. The molecule has 1 fully saturated rings. The molecule has 8 atom stereocenters. The van der Waals surface area contributed by atoms with E-state index in [1.807, 2.05) is 6.08 Å². The van der Waals surface area contributed by atoms with Crippen LogP contribution in [0.1, 0.15) is 406 Å². The van der Waals surface area contributed by atoms with Crippen LogP contribution >= 0.6 is 0 Å². The molecule has 1 heterocycles. The molecule has 6 N–H and O–H groups in total. The van der Waals surface area contributed by atoms with Gasteiger partial charge in [-0.05, 0) is 57.8 Å². The summed E-state index contributed by atoms with van der Waals surface area (Å²) < 4.78 is 17.8. The molecule has 0 bridgehead atoms. The Morgan fingerprint density at radius 1 is 0.424 bits per heavy atom. The van der Waals surface area contributed by atoms with Crippen LogP contribution in [0, 0.1) is 0 Å². The molecule has 0 radical (unpaired) electrons. The monoisotopic (exact) mass is 1300 g/mol. The third-order valence-electron chi connectivity index (χ3n) is 19.3. The largest absolute Gasteiger partial charge is 0.454 e. The van der Waals surface area contributed by atoms with Gasteiger partial charge in [0.25, 0.3) is 0 Å². The van der Waals surface area contributed by atoms with Gasteiger partial charge in [0.15, 0.2) is 12.4 Å². The predicted molar refractivity (Wildman–Crippen MR) is 389 cm³/mol. The van der Waals surface area contributed by atoms with Crippen LogP contribution in [0.4, 0.5) is 0 Å². The van der Waals surface area contributed by atoms with Crippen LogP contribution in [-0.2, 0) is 23.8 Å². The van der Waals surface area contributed by atoms with Crippen LogP contribution in [0.25, 0.3) is 0 Å².